The van der Waals surface area contributed by atoms with E-state index in [9.17, 15) is 14.7 Å². The molecule has 4 aliphatic rings. The van der Waals surface area contributed by atoms with Crippen LogP contribution in [-0.2, 0) is 20.9 Å². The maximum Gasteiger partial charge on any atom is 0.231 e. The van der Waals surface area contributed by atoms with E-state index in [4.69, 9.17) is 14.2 Å². The number of fused-ring (bicyclic) bond motifs is 2. The van der Waals surface area contributed by atoms with Gasteiger partial charge in [0, 0.05) is 18.4 Å². The van der Waals surface area contributed by atoms with Crippen LogP contribution in [0.5, 0.6) is 11.5 Å². The highest BCUT2D eigenvalue weighted by Crippen LogP contribution is 2.51. The molecule has 1 aromatic carbocycles. The van der Waals surface area contributed by atoms with E-state index >= 15 is 0 Å². The summed E-state index contributed by atoms with van der Waals surface area (Å²) in [5.41, 5.74) is 0.0653. The summed E-state index contributed by atoms with van der Waals surface area (Å²) in [6.07, 6.45) is 3.00. The van der Waals surface area contributed by atoms with Crippen LogP contribution >= 0.6 is 0 Å². The number of rotatable bonds is 3. The third-order valence-corrected chi connectivity index (χ3v) is 5.26. The molecule has 0 aliphatic carbocycles. The summed E-state index contributed by atoms with van der Waals surface area (Å²) in [7, 11) is 0. The zero-order chi connectivity index (χ0) is 16.5. The largest absolute Gasteiger partial charge is 0.550 e. The lowest BCUT2D eigenvalue weighted by Gasteiger charge is -2.24. The van der Waals surface area contributed by atoms with Crippen LogP contribution in [0.2, 0.25) is 0 Å². The number of ether oxygens (including phenoxy) is 3. The molecule has 2 fully saturated rings. The van der Waals surface area contributed by atoms with Crippen LogP contribution in [0.4, 0.5) is 0 Å². The molecule has 0 N–H and O–H groups in total. The van der Waals surface area contributed by atoms with Crippen molar-refractivity contribution in [2.45, 2.75) is 18.2 Å². The quantitative estimate of drug-likeness (QED) is 0.692. The van der Waals surface area contributed by atoms with Crippen molar-refractivity contribution >= 4 is 11.9 Å². The second kappa shape index (κ2) is 4.51. The van der Waals surface area contributed by atoms with E-state index in [2.05, 4.69) is 0 Å². The van der Waals surface area contributed by atoms with Gasteiger partial charge in [0.25, 0.3) is 0 Å². The van der Waals surface area contributed by atoms with Gasteiger partial charge in [0.05, 0.1) is 18.6 Å². The van der Waals surface area contributed by atoms with Gasteiger partial charge in [-0.1, -0.05) is 18.2 Å². The Balaban J connectivity index is 1.42. The number of amides is 1. The van der Waals surface area contributed by atoms with Crippen LogP contribution in [0.15, 0.2) is 30.4 Å². The summed E-state index contributed by atoms with van der Waals surface area (Å²) in [6.45, 7) is 0.914. The lowest BCUT2D eigenvalue weighted by atomic mass is 9.77. The molecule has 2 bridgehead atoms. The maximum absolute atomic E-state index is 12.8. The van der Waals surface area contributed by atoms with E-state index in [-0.39, 0.29) is 12.7 Å². The number of carboxylic acid groups (broad SMARTS) is 1. The van der Waals surface area contributed by atoms with Gasteiger partial charge in [-0.05, 0) is 17.7 Å². The molecule has 0 radical (unpaired) electrons. The molecule has 5 rings (SSSR count). The van der Waals surface area contributed by atoms with Gasteiger partial charge in [-0.15, -0.1) is 0 Å². The normalized spacial score (nSPS) is 34.9. The fourth-order valence-electron chi connectivity index (χ4n) is 4.24. The lowest BCUT2D eigenvalue weighted by molar-refractivity contribution is -0.313. The van der Waals surface area contributed by atoms with Crippen LogP contribution in [0.3, 0.4) is 0 Å². The monoisotopic (exact) mass is 328 g/mol. The summed E-state index contributed by atoms with van der Waals surface area (Å²) in [4.78, 5) is 25.9. The number of benzene rings is 1. The van der Waals surface area contributed by atoms with Crippen molar-refractivity contribution in [3.8, 4) is 11.5 Å². The average molecular weight is 328 g/mol. The molecule has 4 atom stereocenters. The number of carboxylic acids is 1. The first-order chi connectivity index (χ1) is 11.6. The van der Waals surface area contributed by atoms with Gasteiger partial charge < -0.3 is 29.0 Å². The first-order valence-electron chi connectivity index (χ1n) is 7.83. The topological polar surface area (TPSA) is 88.1 Å². The molecule has 124 valence electrons. The van der Waals surface area contributed by atoms with Gasteiger partial charge in [-0.2, -0.15) is 0 Å². The fourth-order valence-corrected chi connectivity index (χ4v) is 4.24. The molecule has 1 spiro atoms. The summed E-state index contributed by atoms with van der Waals surface area (Å²) >= 11 is 0. The predicted molar refractivity (Wildman–Crippen MR) is 76.7 cm³/mol. The predicted octanol–water partition coefficient (Wildman–Crippen LogP) is -0.553. The average Bonchev–Trinajstić information content (AvgIpc) is 3.28. The van der Waals surface area contributed by atoms with Crippen molar-refractivity contribution < 1.29 is 28.9 Å². The first-order valence-corrected chi connectivity index (χ1v) is 7.83. The van der Waals surface area contributed by atoms with Gasteiger partial charge in [0.1, 0.15) is 5.60 Å². The molecule has 0 aromatic heterocycles. The minimum atomic E-state index is -1.23. The van der Waals surface area contributed by atoms with Gasteiger partial charge in [0.2, 0.25) is 12.7 Å². The minimum absolute atomic E-state index is 0.194. The van der Waals surface area contributed by atoms with Crippen molar-refractivity contribution in [3.05, 3.63) is 35.9 Å². The number of carbonyl (C=O) groups is 2. The van der Waals surface area contributed by atoms with Crippen molar-refractivity contribution in [1.29, 1.82) is 0 Å². The zero-order valence-electron chi connectivity index (χ0n) is 12.6. The highest BCUT2D eigenvalue weighted by Gasteiger charge is 2.65. The molecule has 1 amide bonds. The van der Waals surface area contributed by atoms with E-state index in [1.807, 2.05) is 24.3 Å². The molecular weight excluding hydrogens is 314 g/mol. The van der Waals surface area contributed by atoms with Gasteiger partial charge >= 0.3 is 0 Å². The summed E-state index contributed by atoms with van der Waals surface area (Å²) in [5, 5.41) is 11.4. The molecule has 7 heteroatoms. The van der Waals surface area contributed by atoms with E-state index in [0.29, 0.717) is 24.6 Å². The standard InChI is InChI=1S/C17H15NO6/c19-15-14-13(16(20)21)11-3-4-17(14,24-11)7-18(15)6-9-1-2-10-12(5-9)23-8-22-10/h1-5,11,13-14H,6-8H2,(H,20,21)/p-1/t11-,13-,14-,17+/m0/s1. The number of carbonyl (C=O) groups excluding carboxylic acids is 2. The van der Waals surface area contributed by atoms with Crippen molar-refractivity contribution in [1.82, 2.24) is 4.90 Å². The molecule has 24 heavy (non-hydrogen) atoms. The Morgan fingerprint density at radius 2 is 2.17 bits per heavy atom. The smallest absolute Gasteiger partial charge is 0.231 e. The number of nitrogens with zero attached hydrogens (tertiary/aromatic N) is 1. The van der Waals surface area contributed by atoms with Crippen molar-refractivity contribution in [2.24, 2.45) is 11.8 Å². The summed E-state index contributed by atoms with van der Waals surface area (Å²) < 4.78 is 16.5. The second-order valence-electron chi connectivity index (χ2n) is 6.60. The Kier molecular flexibility index (Phi) is 2.60. The molecule has 2 saturated heterocycles. The SMILES string of the molecule is O=C([O-])[C@H]1[C@@H]2C=C[C@]3(CN(Cc4ccc5c(c4)OCO5)C(=O)[C@H]13)O2. The molecule has 1 aromatic rings. The molecule has 7 nitrogen and oxygen atoms in total. The van der Waals surface area contributed by atoms with E-state index in [1.165, 1.54) is 0 Å². The molecule has 0 unspecified atom stereocenters. The summed E-state index contributed by atoms with van der Waals surface area (Å²) in [6, 6.07) is 5.52. The van der Waals surface area contributed by atoms with Crippen LogP contribution < -0.4 is 14.6 Å². The molecule has 4 aliphatic heterocycles. The molecule has 4 heterocycles. The van der Waals surface area contributed by atoms with Gasteiger partial charge in [0.15, 0.2) is 11.5 Å². The Morgan fingerprint density at radius 3 is 3.00 bits per heavy atom. The lowest BCUT2D eigenvalue weighted by Crippen LogP contribution is -2.45. The van der Waals surface area contributed by atoms with E-state index in [0.717, 1.165) is 5.56 Å². The van der Waals surface area contributed by atoms with E-state index < -0.39 is 29.5 Å². The highest BCUT2D eigenvalue weighted by molar-refractivity contribution is 5.90. The van der Waals surface area contributed by atoms with Gasteiger partial charge in [-0.3, -0.25) is 4.79 Å². The molecular formula is C17H14NO6-. The van der Waals surface area contributed by atoms with E-state index in [1.54, 1.807) is 11.0 Å². The van der Waals surface area contributed by atoms with Crippen LogP contribution in [-0.4, -0.2) is 41.8 Å². The second-order valence-corrected chi connectivity index (χ2v) is 6.60. The van der Waals surface area contributed by atoms with Crippen LogP contribution in [0.25, 0.3) is 0 Å². The van der Waals surface area contributed by atoms with Crippen molar-refractivity contribution in [2.75, 3.05) is 13.3 Å². The Bertz CT molecular complexity index is 789. The third kappa shape index (κ3) is 1.70. The number of aliphatic carboxylic acids is 1. The fraction of sp³-hybridized carbons (Fsp3) is 0.412. The number of likely N-dealkylation sites (tertiary alicyclic amines) is 1. The minimum Gasteiger partial charge on any atom is -0.550 e. The number of hydrogen-bond acceptors (Lipinski definition) is 6. The molecule has 0 saturated carbocycles. The van der Waals surface area contributed by atoms with Crippen LogP contribution in [0.1, 0.15) is 5.56 Å². The maximum atomic E-state index is 12.8. The Morgan fingerprint density at radius 1 is 1.33 bits per heavy atom. The zero-order valence-corrected chi connectivity index (χ0v) is 12.6. The number of hydrogen-bond donors (Lipinski definition) is 0. The Labute approximate surface area is 137 Å². The third-order valence-electron chi connectivity index (χ3n) is 5.26. The van der Waals surface area contributed by atoms with Crippen LogP contribution in [0, 0.1) is 11.8 Å². The Hall–Kier alpha value is -2.54. The van der Waals surface area contributed by atoms with Crippen molar-refractivity contribution in [3.63, 3.8) is 0 Å². The summed E-state index contributed by atoms with van der Waals surface area (Å²) in [5.74, 6) is -1.70. The highest BCUT2D eigenvalue weighted by atomic mass is 16.7. The van der Waals surface area contributed by atoms with Gasteiger partial charge in [-0.25, -0.2) is 0 Å². The first kappa shape index (κ1) is 13.9.